The molecule has 23 heavy (non-hydrogen) atoms. The summed E-state index contributed by atoms with van der Waals surface area (Å²) in [7, 11) is 0. The third-order valence-electron chi connectivity index (χ3n) is 3.04. The number of benzene rings is 1. The van der Waals surface area contributed by atoms with Crippen molar-refractivity contribution < 1.29 is 22.7 Å². The second-order valence-electron chi connectivity index (χ2n) is 4.61. The highest BCUT2D eigenvalue weighted by atomic mass is 19.4. The number of carbonyl (C=O) groups is 1. The molecule has 0 bridgehead atoms. The molecule has 0 saturated carbocycles. The van der Waals surface area contributed by atoms with E-state index in [1.54, 1.807) is 18.3 Å². The monoisotopic (exact) mass is 322 g/mol. The lowest BCUT2D eigenvalue weighted by atomic mass is 10.1. The highest BCUT2D eigenvalue weighted by Crippen LogP contribution is 2.26. The number of aromatic nitrogens is 3. The van der Waals surface area contributed by atoms with Crippen molar-refractivity contribution in [3.8, 4) is 16.9 Å². The molecule has 1 amide bonds. The fourth-order valence-electron chi connectivity index (χ4n) is 2.08. The van der Waals surface area contributed by atoms with Crippen molar-refractivity contribution >= 4 is 11.6 Å². The van der Waals surface area contributed by atoms with Crippen LogP contribution in [0.25, 0.3) is 16.8 Å². The molecule has 0 aliphatic heterocycles. The fraction of sp³-hybridized carbons (Fsp3) is 0.0714. The number of rotatable bonds is 3. The van der Waals surface area contributed by atoms with Gasteiger partial charge in [0.05, 0.1) is 0 Å². The van der Waals surface area contributed by atoms with Gasteiger partial charge in [0.1, 0.15) is 5.75 Å². The number of carbonyl (C=O) groups excluding carboxylic acids is 1. The topological polar surface area (TPSA) is 82.5 Å². The Bertz CT molecular complexity index is 872. The van der Waals surface area contributed by atoms with Gasteiger partial charge in [-0.05, 0) is 35.4 Å². The SMILES string of the molecule is NC(=O)c1nnc2ccc(-c3ccc(OC(F)(F)F)cc3)cn12. The van der Waals surface area contributed by atoms with Crippen LogP contribution in [-0.4, -0.2) is 26.9 Å². The first kappa shape index (κ1) is 14.8. The molecule has 2 aromatic heterocycles. The first-order chi connectivity index (χ1) is 10.8. The molecule has 118 valence electrons. The first-order valence-electron chi connectivity index (χ1n) is 6.34. The largest absolute Gasteiger partial charge is 0.573 e. The van der Waals surface area contributed by atoms with E-state index in [1.165, 1.54) is 28.7 Å². The molecule has 0 saturated heterocycles. The summed E-state index contributed by atoms with van der Waals surface area (Å²) in [6.07, 6.45) is -3.16. The predicted octanol–water partition coefficient (Wildman–Crippen LogP) is 2.39. The minimum atomic E-state index is -4.74. The van der Waals surface area contributed by atoms with Gasteiger partial charge < -0.3 is 10.5 Å². The molecule has 0 unspecified atom stereocenters. The van der Waals surface area contributed by atoms with Crippen molar-refractivity contribution in [2.75, 3.05) is 0 Å². The van der Waals surface area contributed by atoms with E-state index in [-0.39, 0.29) is 11.6 Å². The molecule has 6 nitrogen and oxygen atoms in total. The van der Waals surface area contributed by atoms with Crippen LogP contribution in [0.15, 0.2) is 42.6 Å². The minimum Gasteiger partial charge on any atom is -0.406 e. The fourth-order valence-corrected chi connectivity index (χ4v) is 2.08. The molecule has 0 atom stereocenters. The number of ether oxygens (including phenoxy) is 1. The number of halogens is 3. The van der Waals surface area contributed by atoms with E-state index in [4.69, 9.17) is 5.73 Å². The second kappa shape index (κ2) is 5.27. The van der Waals surface area contributed by atoms with Gasteiger partial charge in [-0.15, -0.1) is 23.4 Å². The summed E-state index contributed by atoms with van der Waals surface area (Å²) in [6.45, 7) is 0. The Morgan fingerprint density at radius 2 is 1.70 bits per heavy atom. The molecule has 0 spiro atoms. The van der Waals surface area contributed by atoms with E-state index >= 15 is 0 Å². The Kier molecular flexibility index (Phi) is 3.40. The van der Waals surface area contributed by atoms with Crippen LogP contribution in [0.2, 0.25) is 0 Å². The van der Waals surface area contributed by atoms with Gasteiger partial charge in [-0.2, -0.15) is 0 Å². The summed E-state index contributed by atoms with van der Waals surface area (Å²) in [6, 6.07) is 8.67. The maximum Gasteiger partial charge on any atom is 0.573 e. The van der Waals surface area contributed by atoms with Crippen molar-refractivity contribution in [1.82, 2.24) is 14.6 Å². The zero-order chi connectivity index (χ0) is 16.6. The number of primary amides is 1. The molecular weight excluding hydrogens is 313 g/mol. The van der Waals surface area contributed by atoms with E-state index in [0.29, 0.717) is 16.8 Å². The molecule has 3 rings (SSSR count). The quantitative estimate of drug-likeness (QED) is 0.802. The molecular formula is C14H9F3N4O2. The van der Waals surface area contributed by atoms with Crippen LogP contribution in [0.4, 0.5) is 13.2 Å². The van der Waals surface area contributed by atoms with Crippen molar-refractivity contribution in [1.29, 1.82) is 0 Å². The Morgan fingerprint density at radius 3 is 2.30 bits per heavy atom. The van der Waals surface area contributed by atoms with Crippen molar-refractivity contribution in [2.45, 2.75) is 6.36 Å². The number of pyridine rings is 1. The molecule has 9 heteroatoms. The number of hydrogen-bond donors (Lipinski definition) is 1. The Labute approximate surface area is 127 Å². The molecule has 3 aromatic rings. The van der Waals surface area contributed by atoms with Crippen LogP contribution in [-0.2, 0) is 0 Å². The average Bonchev–Trinajstić information content (AvgIpc) is 2.89. The number of nitrogens with two attached hydrogens (primary N) is 1. The lowest BCUT2D eigenvalue weighted by Crippen LogP contribution is -2.16. The van der Waals surface area contributed by atoms with Crippen molar-refractivity contribution in [3.05, 3.63) is 48.4 Å². The Hall–Kier alpha value is -3.10. The Balaban J connectivity index is 1.96. The number of hydrogen-bond acceptors (Lipinski definition) is 4. The number of alkyl halides is 3. The third kappa shape index (κ3) is 3.07. The van der Waals surface area contributed by atoms with Gasteiger partial charge in [-0.1, -0.05) is 12.1 Å². The van der Waals surface area contributed by atoms with Crippen LogP contribution in [0, 0.1) is 0 Å². The molecule has 2 N–H and O–H groups in total. The first-order valence-corrected chi connectivity index (χ1v) is 6.34. The van der Waals surface area contributed by atoms with Gasteiger partial charge >= 0.3 is 6.36 Å². The summed E-state index contributed by atoms with van der Waals surface area (Å²) in [5.74, 6) is -1.08. The van der Waals surface area contributed by atoms with Gasteiger partial charge in [0.15, 0.2) is 5.65 Å². The zero-order valence-corrected chi connectivity index (χ0v) is 11.4. The summed E-state index contributed by atoms with van der Waals surface area (Å²) in [5, 5.41) is 7.47. The maximum absolute atomic E-state index is 12.1. The van der Waals surface area contributed by atoms with Gasteiger partial charge in [0.2, 0.25) is 5.82 Å². The average molecular weight is 322 g/mol. The second-order valence-corrected chi connectivity index (χ2v) is 4.61. The third-order valence-corrected chi connectivity index (χ3v) is 3.04. The maximum atomic E-state index is 12.1. The van der Waals surface area contributed by atoms with Gasteiger partial charge in [0, 0.05) is 6.20 Å². The lowest BCUT2D eigenvalue weighted by Gasteiger charge is -2.09. The Morgan fingerprint density at radius 1 is 1.04 bits per heavy atom. The van der Waals surface area contributed by atoms with Crippen molar-refractivity contribution in [3.63, 3.8) is 0 Å². The number of amides is 1. The molecule has 0 aliphatic carbocycles. The smallest absolute Gasteiger partial charge is 0.406 e. The van der Waals surface area contributed by atoms with E-state index in [0.717, 1.165) is 0 Å². The minimum absolute atomic E-state index is 0.0288. The van der Waals surface area contributed by atoms with Gasteiger partial charge in [-0.25, -0.2) is 0 Å². The van der Waals surface area contributed by atoms with E-state index in [9.17, 15) is 18.0 Å². The van der Waals surface area contributed by atoms with Crippen LogP contribution in [0.5, 0.6) is 5.75 Å². The van der Waals surface area contributed by atoms with E-state index in [2.05, 4.69) is 14.9 Å². The standard InChI is InChI=1S/C14H9F3N4O2/c15-14(16,17)23-10-4-1-8(2-5-10)9-3-6-11-19-20-13(12(18)22)21(11)7-9/h1-7H,(H2,18,22). The summed E-state index contributed by atoms with van der Waals surface area (Å²) >= 11 is 0. The van der Waals surface area contributed by atoms with E-state index in [1.807, 2.05) is 0 Å². The predicted molar refractivity (Wildman–Crippen MR) is 73.6 cm³/mol. The van der Waals surface area contributed by atoms with Crippen LogP contribution in [0.1, 0.15) is 10.6 Å². The molecule has 0 aliphatic rings. The lowest BCUT2D eigenvalue weighted by molar-refractivity contribution is -0.274. The number of fused-ring (bicyclic) bond motifs is 1. The highest BCUT2D eigenvalue weighted by molar-refractivity contribution is 5.90. The molecule has 1 aromatic carbocycles. The number of nitrogens with zero attached hydrogens (tertiary/aromatic N) is 3. The van der Waals surface area contributed by atoms with Gasteiger partial charge in [0.25, 0.3) is 5.91 Å². The molecule has 0 fully saturated rings. The highest BCUT2D eigenvalue weighted by Gasteiger charge is 2.30. The normalized spacial score (nSPS) is 11.6. The summed E-state index contributed by atoms with van der Waals surface area (Å²) in [4.78, 5) is 11.3. The van der Waals surface area contributed by atoms with E-state index < -0.39 is 12.3 Å². The zero-order valence-electron chi connectivity index (χ0n) is 11.4. The molecule has 0 radical (unpaired) electrons. The summed E-state index contributed by atoms with van der Waals surface area (Å²) < 4.78 is 41.7. The molecule has 2 heterocycles. The van der Waals surface area contributed by atoms with Crippen LogP contribution >= 0.6 is 0 Å². The van der Waals surface area contributed by atoms with Crippen LogP contribution < -0.4 is 10.5 Å². The van der Waals surface area contributed by atoms with Crippen molar-refractivity contribution in [2.24, 2.45) is 5.73 Å². The summed E-state index contributed by atoms with van der Waals surface area (Å²) in [5.41, 5.74) is 6.92. The van der Waals surface area contributed by atoms with Crippen LogP contribution in [0.3, 0.4) is 0 Å². The van der Waals surface area contributed by atoms with Gasteiger partial charge in [-0.3, -0.25) is 9.20 Å².